The molecule has 0 bridgehead atoms. The van der Waals surface area contributed by atoms with Gasteiger partial charge < -0.3 is 9.64 Å². The highest BCUT2D eigenvalue weighted by Gasteiger charge is 2.44. The number of benzene rings is 3. The van der Waals surface area contributed by atoms with E-state index in [0.717, 1.165) is 16.0 Å². The molecular weight excluding hydrogens is 464 g/mol. The topological polar surface area (TPSA) is 66.9 Å². The van der Waals surface area contributed by atoms with E-state index in [1.807, 2.05) is 44.2 Å². The average Bonchev–Trinajstić information content (AvgIpc) is 3.14. The Hall–Kier alpha value is -3.64. The molecule has 6 nitrogen and oxygen atoms in total. The number of amides is 3. The largest absolute Gasteiger partial charge is 0.494 e. The van der Waals surface area contributed by atoms with E-state index in [2.05, 4.69) is 0 Å². The van der Waals surface area contributed by atoms with E-state index < -0.39 is 11.9 Å². The Bertz CT molecular complexity index is 1240. The van der Waals surface area contributed by atoms with Crippen LogP contribution in [0.4, 0.5) is 5.69 Å². The van der Waals surface area contributed by atoms with Crippen LogP contribution < -0.4 is 9.64 Å². The van der Waals surface area contributed by atoms with Crippen LogP contribution >= 0.6 is 11.6 Å². The van der Waals surface area contributed by atoms with Gasteiger partial charge in [0.2, 0.25) is 5.91 Å². The van der Waals surface area contributed by atoms with E-state index in [1.165, 1.54) is 4.90 Å². The number of carbonyl (C=O) groups excluding carboxylic acids is 3. The summed E-state index contributed by atoms with van der Waals surface area (Å²) in [5.74, 6) is -0.365. The van der Waals surface area contributed by atoms with Crippen LogP contribution in [-0.2, 0) is 16.0 Å². The third-order valence-electron chi connectivity index (χ3n) is 6.07. The lowest BCUT2D eigenvalue weighted by Gasteiger charge is -2.28. The summed E-state index contributed by atoms with van der Waals surface area (Å²) in [6.07, 6.45) is 0.429. The van der Waals surface area contributed by atoms with Crippen molar-refractivity contribution in [3.63, 3.8) is 0 Å². The first kappa shape index (κ1) is 24.5. The second-order valence-electron chi connectivity index (χ2n) is 8.41. The van der Waals surface area contributed by atoms with Crippen molar-refractivity contribution in [1.82, 2.24) is 4.90 Å². The summed E-state index contributed by atoms with van der Waals surface area (Å²) in [4.78, 5) is 42.8. The normalized spacial score (nSPS) is 15.4. The van der Waals surface area contributed by atoms with Gasteiger partial charge in [0.05, 0.1) is 18.7 Å². The second-order valence-corrected chi connectivity index (χ2v) is 8.84. The monoisotopic (exact) mass is 490 g/mol. The highest BCUT2D eigenvalue weighted by molar-refractivity contribution is 6.30. The van der Waals surface area contributed by atoms with Crippen molar-refractivity contribution >= 4 is 35.0 Å². The van der Waals surface area contributed by atoms with Gasteiger partial charge in [0, 0.05) is 17.1 Å². The zero-order valence-corrected chi connectivity index (χ0v) is 20.5. The van der Waals surface area contributed by atoms with Gasteiger partial charge in [-0.2, -0.15) is 0 Å². The Morgan fingerprint density at radius 1 is 1.06 bits per heavy atom. The highest BCUT2D eigenvalue weighted by atomic mass is 35.5. The number of nitrogens with zero attached hydrogens (tertiary/aromatic N) is 2. The Morgan fingerprint density at radius 2 is 1.80 bits per heavy atom. The fourth-order valence-corrected chi connectivity index (χ4v) is 4.51. The van der Waals surface area contributed by atoms with E-state index >= 15 is 0 Å². The van der Waals surface area contributed by atoms with Crippen molar-refractivity contribution in [2.45, 2.75) is 32.7 Å². The predicted octanol–water partition coefficient (Wildman–Crippen LogP) is 5.06. The van der Waals surface area contributed by atoms with Crippen molar-refractivity contribution in [2.24, 2.45) is 0 Å². The summed E-state index contributed by atoms with van der Waals surface area (Å²) in [6.45, 7) is 4.53. The molecule has 1 aliphatic heterocycles. The molecule has 0 aromatic heterocycles. The number of ether oxygens (including phenoxy) is 1. The van der Waals surface area contributed by atoms with E-state index in [1.54, 1.807) is 42.5 Å². The standard InChI is InChI=1S/C28H27ClN2O4/c1-3-35-23-13-11-22(12-14-23)31-26(32)18-25(28(31)34)30(16-15-20-8-6-9-21(29)17-20)27(33)24-10-5-4-7-19(24)2/h4-14,17,25H,3,15-16,18H2,1-2H3. The van der Waals surface area contributed by atoms with Gasteiger partial charge >= 0.3 is 0 Å². The van der Waals surface area contributed by atoms with Crippen molar-refractivity contribution in [3.8, 4) is 5.75 Å². The first-order valence-corrected chi connectivity index (χ1v) is 12.0. The van der Waals surface area contributed by atoms with Gasteiger partial charge in [0.15, 0.2) is 0 Å². The van der Waals surface area contributed by atoms with Crippen LogP contribution in [0.25, 0.3) is 0 Å². The molecule has 1 heterocycles. The number of carbonyl (C=O) groups is 3. The molecule has 1 atom stereocenters. The van der Waals surface area contributed by atoms with Gasteiger partial charge in [0.1, 0.15) is 11.8 Å². The molecule has 7 heteroatoms. The molecule has 3 aromatic rings. The first-order chi connectivity index (χ1) is 16.9. The molecule has 0 radical (unpaired) electrons. The van der Waals surface area contributed by atoms with Crippen molar-refractivity contribution in [3.05, 3.63) is 94.5 Å². The maximum Gasteiger partial charge on any atom is 0.257 e. The summed E-state index contributed by atoms with van der Waals surface area (Å²) >= 11 is 6.13. The molecule has 3 amide bonds. The number of aryl methyl sites for hydroxylation is 1. The average molecular weight is 491 g/mol. The van der Waals surface area contributed by atoms with Gasteiger partial charge in [-0.05, 0) is 73.9 Å². The summed E-state index contributed by atoms with van der Waals surface area (Å²) in [6, 6.07) is 20.6. The Balaban J connectivity index is 1.63. The minimum Gasteiger partial charge on any atom is -0.494 e. The molecule has 3 aromatic carbocycles. The summed E-state index contributed by atoms with van der Waals surface area (Å²) in [7, 11) is 0. The van der Waals surface area contributed by atoms with Crippen molar-refractivity contribution < 1.29 is 19.1 Å². The Morgan fingerprint density at radius 3 is 2.49 bits per heavy atom. The van der Waals surface area contributed by atoms with Gasteiger partial charge in [-0.15, -0.1) is 0 Å². The van der Waals surface area contributed by atoms with E-state index in [9.17, 15) is 14.4 Å². The van der Waals surface area contributed by atoms with Gasteiger partial charge in [-0.25, -0.2) is 4.90 Å². The van der Waals surface area contributed by atoms with E-state index in [-0.39, 0.29) is 24.8 Å². The number of hydrogen-bond acceptors (Lipinski definition) is 4. The quantitative estimate of drug-likeness (QED) is 0.414. The smallest absolute Gasteiger partial charge is 0.257 e. The Labute approximate surface area is 210 Å². The fraction of sp³-hybridized carbons (Fsp3) is 0.250. The molecule has 1 aliphatic rings. The van der Waals surface area contributed by atoms with Gasteiger partial charge in [-0.3, -0.25) is 14.4 Å². The first-order valence-electron chi connectivity index (χ1n) is 11.6. The maximum atomic E-state index is 13.7. The third kappa shape index (κ3) is 5.38. The molecule has 180 valence electrons. The van der Waals surface area contributed by atoms with Crippen LogP contribution in [0.2, 0.25) is 5.02 Å². The van der Waals surface area contributed by atoms with Crippen molar-refractivity contribution in [2.75, 3.05) is 18.1 Å². The molecule has 0 N–H and O–H groups in total. The fourth-order valence-electron chi connectivity index (χ4n) is 4.30. The Kier molecular flexibility index (Phi) is 7.51. The van der Waals surface area contributed by atoms with Crippen molar-refractivity contribution in [1.29, 1.82) is 0 Å². The summed E-state index contributed by atoms with van der Waals surface area (Å²) < 4.78 is 5.46. The predicted molar refractivity (Wildman–Crippen MR) is 136 cm³/mol. The number of halogens is 1. The van der Waals surface area contributed by atoms with Crippen LogP contribution in [0.5, 0.6) is 5.75 Å². The molecule has 1 unspecified atom stereocenters. The molecule has 0 spiro atoms. The number of rotatable bonds is 8. The zero-order chi connectivity index (χ0) is 24.9. The number of imide groups is 1. The van der Waals surface area contributed by atoms with Gasteiger partial charge in [0.25, 0.3) is 11.8 Å². The minimum atomic E-state index is -0.889. The SMILES string of the molecule is CCOc1ccc(N2C(=O)CC(N(CCc3cccc(Cl)c3)C(=O)c3ccccc3C)C2=O)cc1. The van der Waals surface area contributed by atoms with Crippen LogP contribution in [0, 0.1) is 6.92 Å². The minimum absolute atomic E-state index is 0.0702. The summed E-state index contributed by atoms with van der Waals surface area (Å²) in [5.41, 5.74) is 2.73. The van der Waals surface area contributed by atoms with Crippen LogP contribution in [0.3, 0.4) is 0 Å². The lowest BCUT2D eigenvalue weighted by atomic mass is 10.0. The molecule has 0 saturated carbocycles. The molecular formula is C28H27ClN2O4. The summed E-state index contributed by atoms with van der Waals surface area (Å²) in [5, 5.41) is 0.605. The molecule has 1 saturated heterocycles. The third-order valence-corrected chi connectivity index (χ3v) is 6.31. The molecule has 4 rings (SSSR count). The lowest BCUT2D eigenvalue weighted by molar-refractivity contribution is -0.122. The highest BCUT2D eigenvalue weighted by Crippen LogP contribution is 2.29. The molecule has 35 heavy (non-hydrogen) atoms. The van der Waals surface area contributed by atoms with Crippen LogP contribution in [0.15, 0.2) is 72.8 Å². The lowest BCUT2D eigenvalue weighted by Crippen LogP contribution is -2.46. The van der Waals surface area contributed by atoms with Crippen LogP contribution in [-0.4, -0.2) is 41.8 Å². The molecule has 1 fully saturated rings. The van der Waals surface area contributed by atoms with Crippen LogP contribution in [0.1, 0.15) is 34.8 Å². The number of hydrogen-bond donors (Lipinski definition) is 0. The van der Waals surface area contributed by atoms with E-state index in [4.69, 9.17) is 16.3 Å². The second kappa shape index (κ2) is 10.7. The van der Waals surface area contributed by atoms with Gasteiger partial charge in [-0.1, -0.05) is 41.9 Å². The van der Waals surface area contributed by atoms with E-state index in [0.29, 0.717) is 35.1 Å². The number of anilines is 1. The molecule has 0 aliphatic carbocycles. The zero-order valence-electron chi connectivity index (χ0n) is 19.7. The maximum absolute atomic E-state index is 13.7.